The molecule has 0 radical (unpaired) electrons. The summed E-state index contributed by atoms with van der Waals surface area (Å²) in [5.74, 6) is 0.654. The van der Waals surface area contributed by atoms with E-state index in [0.29, 0.717) is 5.78 Å². The maximum absolute atomic E-state index is 11.5. The molecule has 0 fully saturated rings. The van der Waals surface area contributed by atoms with Crippen LogP contribution < -0.4 is 0 Å². The third-order valence-corrected chi connectivity index (χ3v) is 4.08. The van der Waals surface area contributed by atoms with Gasteiger partial charge in [-0.05, 0) is 72.6 Å². The van der Waals surface area contributed by atoms with Crippen molar-refractivity contribution in [1.29, 1.82) is 0 Å². The molecule has 1 nitrogen and oxygen atoms in total. The van der Waals surface area contributed by atoms with Gasteiger partial charge in [0.25, 0.3) is 0 Å². The zero-order valence-corrected chi connectivity index (χ0v) is 13.7. The fraction of sp³-hybridized carbons (Fsp3) is 0.632. The number of ketones is 1. The minimum atomic E-state index is 0.290. The van der Waals surface area contributed by atoms with Crippen LogP contribution in [0.3, 0.4) is 0 Å². The molecule has 20 heavy (non-hydrogen) atoms. The molecule has 1 heteroatoms. The van der Waals surface area contributed by atoms with Gasteiger partial charge in [0, 0.05) is 5.92 Å². The van der Waals surface area contributed by atoms with E-state index in [1.807, 2.05) is 0 Å². The molecule has 1 unspecified atom stereocenters. The first-order chi connectivity index (χ1) is 9.49. The summed E-state index contributed by atoms with van der Waals surface area (Å²) in [7, 11) is 0. The minimum absolute atomic E-state index is 0.290. The molecule has 0 saturated heterocycles. The van der Waals surface area contributed by atoms with Gasteiger partial charge in [-0.3, -0.25) is 4.79 Å². The highest BCUT2D eigenvalue weighted by Crippen LogP contribution is 2.27. The molecule has 1 aliphatic carbocycles. The van der Waals surface area contributed by atoms with Gasteiger partial charge >= 0.3 is 0 Å². The number of hydrogen-bond acceptors (Lipinski definition) is 1. The molecule has 0 aromatic rings. The summed E-state index contributed by atoms with van der Waals surface area (Å²) in [4.78, 5) is 11.5. The molecule has 0 N–H and O–H groups in total. The van der Waals surface area contributed by atoms with E-state index in [1.165, 1.54) is 23.1 Å². The lowest BCUT2D eigenvalue weighted by Gasteiger charge is -2.20. The monoisotopic (exact) mass is 274 g/mol. The molecule has 0 saturated carbocycles. The van der Waals surface area contributed by atoms with Crippen molar-refractivity contribution in [3.63, 3.8) is 0 Å². The molecule has 1 aliphatic rings. The van der Waals surface area contributed by atoms with Crippen molar-refractivity contribution in [2.45, 2.75) is 72.6 Å². The van der Waals surface area contributed by atoms with E-state index in [-0.39, 0.29) is 5.92 Å². The SMILES string of the molecule is CC(=O)C1CCC=C(CCC=C(C)CCC=C(C)C)C1. The predicted molar refractivity (Wildman–Crippen MR) is 87.8 cm³/mol. The third-order valence-electron chi connectivity index (χ3n) is 4.08. The number of carbonyl (C=O) groups is 1. The van der Waals surface area contributed by atoms with Crippen molar-refractivity contribution in [2.75, 3.05) is 0 Å². The molecule has 0 bridgehead atoms. The molecule has 1 rings (SSSR count). The zero-order chi connectivity index (χ0) is 15.0. The van der Waals surface area contributed by atoms with E-state index in [0.717, 1.165) is 38.5 Å². The van der Waals surface area contributed by atoms with Crippen LogP contribution in [0.2, 0.25) is 0 Å². The Morgan fingerprint density at radius 2 is 1.95 bits per heavy atom. The van der Waals surface area contributed by atoms with Crippen molar-refractivity contribution in [1.82, 2.24) is 0 Å². The van der Waals surface area contributed by atoms with Gasteiger partial charge < -0.3 is 0 Å². The van der Waals surface area contributed by atoms with Gasteiger partial charge in [-0.15, -0.1) is 0 Å². The van der Waals surface area contributed by atoms with Crippen molar-refractivity contribution in [3.05, 3.63) is 34.9 Å². The third kappa shape index (κ3) is 6.88. The van der Waals surface area contributed by atoms with Crippen LogP contribution in [0.1, 0.15) is 72.6 Å². The number of rotatable bonds is 7. The maximum Gasteiger partial charge on any atom is 0.133 e. The van der Waals surface area contributed by atoms with Crippen LogP contribution in [0, 0.1) is 5.92 Å². The average Bonchev–Trinajstić information content (AvgIpc) is 2.38. The smallest absolute Gasteiger partial charge is 0.133 e. The lowest BCUT2D eigenvalue weighted by molar-refractivity contribution is -0.121. The minimum Gasteiger partial charge on any atom is -0.300 e. The highest BCUT2D eigenvalue weighted by molar-refractivity contribution is 5.78. The normalized spacial score (nSPS) is 19.5. The summed E-state index contributed by atoms with van der Waals surface area (Å²) in [5, 5.41) is 0. The molecule has 0 aliphatic heterocycles. The maximum atomic E-state index is 11.5. The fourth-order valence-corrected chi connectivity index (χ4v) is 2.74. The first-order valence-electron chi connectivity index (χ1n) is 7.96. The van der Waals surface area contributed by atoms with E-state index >= 15 is 0 Å². The standard InChI is InChI=1S/C19H30O/c1-15(2)8-5-9-16(3)10-6-11-18-12-7-13-19(14-18)17(4)20/h8,10,12,19H,5-7,9,11,13-14H2,1-4H3. The van der Waals surface area contributed by atoms with Gasteiger partial charge in [-0.2, -0.15) is 0 Å². The Labute approximate surface area is 124 Å². The van der Waals surface area contributed by atoms with Crippen LogP contribution >= 0.6 is 0 Å². The number of allylic oxidation sites excluding steroid dienone is 6. The molecule has 1 atom stereocenters. The summed E-state index contributed by atoms with van der Waals surface area (Å²) in [6.45, 7) is 8.27. The van der Waals surface area contributed by atoms with Crippen LogP contribution in [-0.2, 0) is 4.79 Å². The van der Waals surface area contributed by atoms with Gasteiger partial charge in [0.2, 0.25) is 0 Å². The van der Waals surface area contributed by atoms with Crippen LogP contribution in [0.25, 0.3) is 0 Å². The second-order valence-electron chi connectivity index (χ2n) is 6.36. The molecular formula is C19H30O. The summed E-state index contributed by atoms with van der Waals surface area (Å²) >= 11 is 0. The summed E-state index contributed by atoms with van der Waals surface area (Å²) in [5.41, 5.74) is 4.38. The Hall–Kier alpha value is -1.11. The summed E-state index contributed by atoms with van der Waals surface area (Å²) in [6, 6.07) is 0. The van der Waals surface area contributed by atoms with Gasteiger partial charge in [-0.1, -0.05) is 34.9 Å². The largest absolute Gasteiger partial charge is 0.300 e. The van der Waals surface area contributed by atoms with E-state index in [4.69, 9.17) is 0 Å². The van der Waals surface area contributed by atoms with Crippen LogP contribution in [0.5, 0.6) is 0 Å². The molecule has 112 valence electrons. The number of hydrogen-bond donors (Lipinski definition) is 0. The van der Waals surface area contributed by atoms with E-state index in [2.05, 4.69) is 39.0 Å². The van der Waals surface area contributed by atoms with Crippen molar-refractivity contribution in [3.8, 4) is 0 Å². The van der Waals surface area contributed by atoms with Gasteiger partial charge in [0.1, 0.15) is 5.78 Å². The summed E-state index contributed by atoms with van der Waals surface area (Å²) in [6.07, 6.45) is 14.7. The average molecular weight is 274 g/mol. The van der Waals surface area contributed by atoms with Crippen LogP contribution in [-0.4, -0.2) is 5.78 Å². The Bertz CT molecular complexity index is 405. The van der Waals surface area contributed by atoms with E-state index in [9.17, 15) is 4.79 Å². The molecule has 0 aromatic heterocycles. The van der Waals surface area contributed by atoms with Crippen molar-refractivity contribution >= 4 is 5.78 Å². The highest BCUT2D eigenvalue weighted by Gasteiger charge is 2.18. The van der Waals surface area contributed by atoms with Gasteiger partial charge in [0.05, 0.1) is 0 Å². The predicted octanol–water partition coefficient (Wildman–Crippen LogP) is 5.77. The van der Waals surface area contributed by atoms with Crippen molar-refractivity contribution in [2.24, 2.45) is 5.92 Å². The first kappa shape index (κ1) is 16.9. The fourth-order valence-electron chi connectivity index (χ4n) is 2.74. The highest BCUT2D eigenvalue weighted by atomic mass is 16.1. The van der Waals surface area contributed by atoms with Crippen LogP contribution in [0.4, 0.5) is 0 Å². The Morgan fingerprint density at radius 3 is 2.60 bits per heavy atom. The van der Waals surface area contributed by atoms with E-state index in [1.54, 1.807) is 6.92 Å². The van der Waals surface area contributed by atoms with Crippen LogP contribution in [0.15, 0.2) is 34.9 Å². The van der Waals surface area contributed by atoms with Gasteiger partial charge in [0.15, 0.2) is 0 Å². The quantitative estimate of drug-likeness (QED) is 0.538. The molecule has 0 spiro atoms. The second kappa shape index (κ2) is 8.94. The molecule has 0 aromatic carbocycles. The second-order valence-corrected chi connectivity index (χ2v) is 6.36. The Balaban J connectivity index is 2.31. The van der Waals surface area contributed by atoms with Gasteiger partial charge in [-0.25, -0.2) is 0 Å². The molecule has 0 heterocycles. The Morgan fingerprint density at radius 1 is 1.20 bits per heavy atom. The van der Waals surface area contributed by atoms with Crippen molar-refractivity contribution < 1.29 is 4.79 Å². The van der Waals surface area contributed by atoms with E-state index < -0.39 is 0 Å². The Kier molecular flexibility index (Phi) is 7.58. The zero-order valence-electron chi connectivity index (χ0n) is 13.7. The number of Topliss-reactive ketones (excluding diaryl/α,β-unsaturated/α-hetero) is 1. The topological polar surface area (TPSA) is 17.1 Å². The number of carbonyl (C=O) groups excluding carboxylic acids is 1. The molecular weight excluding hydrogens is 244 g/mol. The lowest BCUT2D eigenvalue weighted by Crippen LogP contribution is -2.14. The lowest BCUT2D eigenvalue weighted by atomic mass is 9.84. The summed E-state index contributed by atoms with van der Waals surface area (Å²) < 4.78 is 0. The molecule has 0 amide bonds. The first-order valence-corrected chi connectivity index (χ1v) is 7.96.